The van der Waals surface area contributed by atoms with Crippen LogP contribution in [-0.2, 0) is 0 Å². The maximum Gasteiger partial charge on any atom is 0.193 e. The van der Waals surface area contributed by atoms with Gasteiger partial charge in [0.25, 0.3) is 0 Å². The fourth-order valence-corrected chi connectivity index (χ4v) is 2.23. The number of hydrogen-bond donors (Lipinski definition) is 0. The fourth-order valence-electron chi connectivity index (χ4n) is 1.82. The summed E-state index contributed by atoms with van der Waals surface area (Å²) in [6, 6.07) is 9.81. The first-order chi connectivity index (χ1) is 9.56. The molecule has 0 atom stereocenters. The van der Waals surface area contributed by atoms with Crippen LogP contribution in [0.4, 0.5) is 0 Å². The summed E-state index contributed by atoms with van der Waals surface area (Å²) < 4.78 is 10.3. The summed E-state index contributed by atoms with van der Waals surface area (Å²) in [5, 5.41) is 0.899. The monoisotopic (exact) mass is 310 g/mol. The quantitative estimate of drug-likeness (QED) is 0.792. The number of benzene rings is 2. The lowest BCUT2D eigenvalue weighted by atomic mass is 10.0. The van der Waals surface area contributed by atoms with E-state index in [1.165, 1.54) is 14.2 Å². The van der Waals surface area contributed by atoms with Crippen molar-refractivity contribution in [2.24, 2.45) is 0 Å². The normalized spacial score (nSPS) is 10.2. The largest absolute Gasteiger partial charge is 0.493 e. The third-order valence-electron chi connectivity index (χ3n) is 2.80. The van der Waals surface area contributed by atoms with Crippen molar-refractivity contribution < 1.29 is 14.3 Å². The topological polar surface area (TPSA) is 35.5 Å². The molecular weight excluding hydrogens is 299 g/mol. The van der Waals surface area contributed by atoms with E-state index in [0.717, 1.165) is 0 Å². The average molecular weight is 311 g/mol. The highest BCUT2D eigenvalue weighted by Crippen LogP contribution is 2.36. The Kier molecular flexibility index (Phi) is 4.53. The highest BCUT2D eigenvalue weighted by molar-refractivity contribution is 6.33. The van der Waals surface area contributed by atoms with Crippen molar-refractivity contribution in [3.63, 3.8) is 0 Å². The molecule has 0 bridgehead atoms. The third kappa shape index (κ3) is 2.89. The van der Waals surface area contributed by atoms with E-state index >= 15 is 0 Å². The summed E-state index contributed by atoms with van der Waals surface area (Å²) in [5.74, 6) is 0.656. The molecule has 5 heteroatoms. The van der Waals surface area contributed by atoms with Gasteiger partial charge in [0.05, 0.1) is 19.2 Å². The maximum absolute atomic E-state index is 12.4. The number of hydrogen-bond acceptors (Lipinski definition) is 3. The molecule has 0 saturated heterocycles. The summed E-state index contributed by atoms with van der Waals surface area (Å²) in [4.78, 5) is 12.4. The zero-order chi connectivity index (χ0) is 14.7. The molecule has 0 fully saturated rings. The Bertz CT molecular complexity index is 636. The van der Waals surface area contributed by atoms with E-state index in [0.29, 0.717) is 32.7 Å². The van der Waals surface area contributed by atoms with Crippen molar-refractivity contribution in [1.82, 2.24) is 0 Å². The van der Waals surface area contributed by atoms with Crippen molar-refractivity contribution in [3.05, 3.63) is 57.6 Å². The molecule has 0 heterocycles. The van der Waals surface area contributed by atoms with E-state index in [1.54, 1.807) is 36.4 Å². The lowest BCUT2D eigenvalue weighted by Crippen LogP contribution is -2.03. The fraction of sp³-hybridized carbons (Fsp3) is 0.133. The van der Waals surface area contributed by atoms with E-state index < -0.39 is 0 Å². The van der Waals surface area contributed by atoms with Crippen molar-refractivity contribution >= 4 is 29.0 Å². The summed E-state index contributed by atoms with van der Waals surface area (Å²) in [6.45, 7) is 0. The number of halogens is 2. The molecule has 20 heavy (non-hydrogen) atoms. The average Bonchev–Trinajstić information content (AvgIpc) is 2.46. The van der Waals surface area contributed by atoms with Gasteiger partial charge in [-0.3, -0.25) is 4.79 Å². The van der Waals surface area contributed by atoms with Gasteiger partial charge in [0, 0.05) is 16.1 Å². The van der Waals surface area contributed by atoms with Crippen LogP contribution in [0.25, 0.3) is 0 Å². The van der Waals surface area contributed by atoms with Crippen molar-refractivity contribution in [3.8, 4) is 11.5 Å². The van der Waals surface area contributed by atoms with E-state index in [4.69, 9.17) is 32.7 Å². The van der Waals surface area contributed by atoms with Crippen LogP contribution >= 0.6 is 23.2 Å². The maximum atomic E-state index is 12.4. The zero-order valence-corrected chi connectivity index (χ0v) is 12.5. The van der Waals surface area contributed by atoms with Crippen LogP contribution < -0.4 is 9.47 Å². The second-order valence-corrected chi connectivity index (χ2v) is 4.87. The lowest BCUT2D eigenvalue weighted by Gasteiger charge is -2.11. The first-order valence-corrected chi connectivity index (χ1v) is 6.54. The Labute approximate surface area is 127 Å². The van der Waals surface area contributed by atoms with Crippen LogP contribution in [0.2, 0.25) is 10.0 Å². The minimum absolute atomic E-state index is 0.162. The Morgan fingerprint density at radius 2 is 1.60 bits per heavy atom. The molecule has 0 aromatic heterocycles. The van der Waals surface area contributed by atoms with Crippen LogP contribution in [0.15, 0.2) is 36.4 Å². The van der Waals surface area contributed by atoms with Crippen LogP contribution in [0.3, 0.4) is 0 Å². The van der Waals surface area contributed by atoms with Crippen molar-refractivity contribution in [1.29, 1.82) is 0 Å². The molecule has 0 saturated carbocycles. The highest BCUT2D eigenvalue weighted by Gasteiger charge is 2.16. The minimum atomic E-state index is -0.162. The minimum Gasteiger partial charge on any atom is -0.493 e. The Balaban J connectivity index is 2.45. The number of ether oxygens (including phenoxy) is 2. The van der Waals surface area contributed by atoms with Crippen molar-refractivity contribution in [2.75, 3.05) is 14.2 Å². The first kappa shape index (κ1) is 14.7. The molecule has 0 N–H and O–H groups in total. The lowest BCUT2D eigenvalue weighted by molar-refractivity contribution is 0.103. The molecular formula is C15H12Cl2O3. The van der Waals surface area contributed by atoms with Crippen LogP contribution in [0, 0.1) is 0 Å². The number of carbonyl (C=O) groups excluding carboxylic acids is 1. The van der Waals surface area contributed by atoms with Crippen LogP contribution in [-0.4, -0.2) is 20.0 Å². The SMILES string of the molecule is COc1cc(C(=O)c2ccc(Cl)cc2)cc(Cl)c1OC. The van der Waals surface area contributed by atoms with Gasteiger partial charge in [-0.05, 0) is 36.4 Å². The van der Waals surface area contributed by atoms with Gasteiger partial charge in [-0.2, -0.15) is 0 Å². The first-order valence-electron chi connectivity index (χ1n) is 5.78. The van der Waals surface area contributed by atoms with Gasteiger partial charge in [0.2, 0.25) is 0 Å². The second-order valence-electron chi connectivity index (χ2n) is 4.03. The van der Waals surface area contributed by atoms with Gasteiger partial charge >= 0.3 is 0 Å². The number of ketones is 1. The number of rotatable bonds is 4. The van der Waals surface area contributed by atoms with Gasteiger partial charge in [-0.25, -0.2) is 0 Å². The third-order valence-corrected chi connectivity index (χ3v) is 3.33. The smallest absolute Gasteiger partial charge is 0.193 e. The van der Waals surface area contributed by atoms with Gasteiger partial charge in [0.1, 0.15) is 0 Å². The molecule has 0 aliphatic carbocycles. The summed E-state index contributed by atoms with van der Waals surface area (Å²) in [6.07, 6.45) is 0. The van der Waals surface area contributed by atoms with Gasteiger partial charge in [0.15, 0.2) is 17.3 Å². The van der Waals surface area contributed by atoms with Gasteiger partial charge < -0.3 is 9.47 Å². The molecule has 3 nitrogen and oxygen atoms in total. The molecule has 2 rings (SSSR count). The van der Waals surface area contributed by atoms with Gasteiger partial charge in [-0.15, -0.1) is 0 Å². The molecule has 0 aliphatic heterocycles. The molecule has 2 aromatic carbocycles. The van der Waals surface area contributed by atoms with E-state index in [9.17, 15) is 4.79 Å². The van der Waals surface area contributed by atoms with Crippen LogP contribution in [0.5, 0.6) is 11.5 Å². The number of methoxy groups -OCH3 is 2. The molecule has 0 unspecified atom stereocenters. The van der Waals surface area contributed by atoms with Crippen LogP contribution in [0.1, 0.15) is 15.9 Å². The molecule has 0 amide bonds. The Hall–Kier alpha value is -1.71. The highest BCUT2D eigenvalue weighted by atomic mass is 35.5. The van der Waals surface area contributed by atoms with E-state index in [-0.39, 0.29) is 5.78 Å². The predicted molar refractivity (Wildman–Crippen MR) is 79.4 cm³/mol. The van der Waals surface area contributed by atoms with E-state index in [1.807, 2.05) is 0 Å². The summed E-state index contributed by atoms with van der Waals surface area (Å²) in [5.41, 5.74) is 0.952. The Morgan fingerprint density at radius 3 is 2.15 bits per heavy atom. The summed E-state index contributed by atoms with van der Waals surface area (Å²) in [7, 11) is 2.98. The molecule has 0 radical (unpaired) electrons. The van der Waals surface area contributed by atoms with E-state index in [2.05, 4.69) is 0 Å². The van der Waals surface area contributed by atoms with Gasteiger partial charge in [-0.1, -0.05) is 23.2 Å². The molecule has 2 aromatic rings. The standard InChI is InChI=1S/C15H12Cl2O3/c1-19-13-8-10(7-12(17)15(13)20-2)14(18)9-3-5-11(16)6-4-9/h3-8H,1-2H3. The number of carbonyl (C=O) groups is 1. The Morgan fingerprint density at radius 1 is 0.950 bits per heavy atom. The molecule has 0 aliphatic rings. The molecule has 104 valence electrons. The predicted octanol–water partition coefficient (Wildman–Crippen LogP) is 4.24. The zero-order valence-electron chi connectivity index (χ0n) is 10.9. The summed E-state index contributed by atoms with van der Waals surface area (Å²) >= 11 is 11.9. The molecule has 0 spiro atoms. The second kappa shape index (κ2) is 6.16. The van der Waals surface area contributed by atoms with Crippen molar-refractivity contribution in [2.45, 2.75) is 0 Å².